The molecule has 3 rings (SSSR count). The van der Waals surface area contributed by atoms with Crippen LogP contribution in [0.1, 0.15) is 20.8 Å². The summed E-state index contributed by atoms with van der Waals surface area (Å²) in [5.74, 6) is -0.221. The lowest BCUT2D eigenvalue weighted by Crippen LogP contribution is -2.50. The van der Waals surface area contributed by atoms with E-state index in [0.717, 1.165) is 0 Å². The smallest absolute Gasteiger partial charge is 0.270 e. The zero-order valence-corrected chi connectivity index (χ0v) is 11.1. The van der Waals surface area contributed by atoms with Gasteiger partial charge in [0.1, 0.15) is 12.0 Å². The van der Waals surface area contributed by atoms with E-state index < -0.39 is 0 Å². The summed E-state index contributed by atoms with van der Waals surface area (Å²) < 4.78 is 6.79. The van der Waals surface area contributed by atoms with E-state index in [1.165, 1.54) is 12.5 Å². The Kier molecular flexibility index (Phi) is 3.06. The van der Waals surface area contributed by atoms with Crippen molar-refractivity contribution >= 4 is 11.8 Å². The van der Waals surface area contributed by atoms with Crippen molar-refractivity contribution in [3.05, 3.63) is 48.2 Å². The van der Waals surface area contributed by atoms with Crippen LogP contribution in [0.4, 0.5) is 0 Å². The second-order valence-corrected chi connectivity index (χ2v) is 4.84. The quantitative estimate of drug-likeness (QED) is 0.906. The summed E-state index contributed by atoms with van der Waals surface area (Å²) in [5.41, 5.74) is 1.17. The van der Waals surface area contributed by atoms with Gasteiger partial charge < -0.3 is 19.2 Å². The number of fused-ring (bicyclic) bond motifs is 1. The minimum atomic E-state index is -0.196. The maximum Gasteiger partial charge on any atom is 0.270 e. The Morgan fingerprint density at radius 3 is 3.10 bits per heavy atom. The predicted octanol–water partition coefficient (Wildman–Crippen LogP) is 0.965. The molecule has 104 valence electrons. The molecule has 0 fully saturated rings. The van der Waals surface area contributed by atoms with Crippen molar-refractivity contribution in [2.24, 2.45) is 0 Å². The lowest BCUT2D eigenvalue weighted by molar-refractivity contribution is 0.0645. The van der Waals surface area contributed by atoms with Gasteiger partial charge in [-0.2, -0.15) is 0 Å². The topological polar surface area (TPSA) is 67.5 Å². The Morgan fingerprint density at radius 2 is 2.35 bits per heavy atom. The van der Waals surface area contributed by atoms with Crippen LogP contribution in [0.15, 0.2) is 41.3 Å². The molecule has 1 unspecified atom stereocenters. The number of amides is 2. The van der Waals surface area contributed by atoms with Crippen molar-refractivity contribution in [1.29, 1.82) is 0 Å². The molecule has 2 aromatic rings. The first kappa shape index (κ1) is 12.5. The second-order valence-electron chi connectivity index (χ2n) is 4.84. The fourth-order valence-corrected chi connectivity index (χ4v) is 2.37. The van der Waals surface area contributed by atoms with Crippen molar-refractivity contribution in [2.45, 2.75) is 12.6 Å². The summed E-state index contributed by atoms with van der Waals surface area (Å²) in [6.45, 7) is 1.08. The molecule has 1 atom stereocenters. The molecule has 20 heavy (non-hydrogen) atoms. The van der Waals surface area contributed by atoms with E-state index >= 15 is 0 Å². The molecule has 0 aliphatic carbocycles. The standard InChI is InChI=1S/C14H15N3O3/c1-16-11(7-15-13(18)10-4-6-20-9-10)8-17-5-2-3-12(17)14(16)19/h2-6,9,11H,7-8H2,1H3,(H,15,18). The van der Waals surface area contributed by atoms with Gasteiger partial charge in [0.2, 0.25) is 0 Å². The van der Waals surface area contributed by atoms with Crippen molar-refractivity contribution < 1.29 is 14.0 Å². The van der Waals surface area contributed by atoms with E-state index in [9.17, 15) is 9.59 Å². The Balaban J connectivity index is 1.67. The minimum Gasteiger partial charge on any atom is -0.472 e. The highest BCUT2D eigenvalue weighted by Gasteiger charge is 2.29. The molecule has 1 aliphatic heterocycles. The van der Waals surface area contributed by atoms with E-state index in [4.69, 9.17) is 4.42 Å². The van der Waals surface area contributed by atoms with E-state index in [-0.39, 0.29) is 17.9 Å². The highest BCUT2D eigenvalue weighted by molar-refractivity contribution is 5.94. The third-order valence-electron chi connectivity index (χ3n) is 3.61. The van der Waals surface area contributed by atoms with Gasteiger partial charge in [-0.3, -0.25) is 9.59 Å². The molecule has 0 spiro atoms. The van der Waals surface area contributed by atoms with Gasteiger partial charge in [-0.15, -0.1) is 0 Å². The van der Waals surface area contributed by atoms with Crippen LogP contribution in [0.3, 0.4) is 0 Å². The number of aromatic nitrogens is 1. The summed E-state index contributed by atoms with van der Waals surface area (Å²) >= 11 is 0. The van der Waals surface area contributed by atoms with Crippen LogP contribution < -0.4 is 5.32 Å². The van der Waals surface area contributed by atoms with Gasteiger partial charge in [0.25, 0.3) is 11.8 Å². The van der Waals surface area contributed by atoms with Crippen LogP contribution in [-0.4, -0.2) is 40.9 Å². The van der Waals surface area contributed by atoms with Gasteiger partial charge in [0.05, 0.1) is 17.9 Å². The van der Waals surface area contributed by atoms with Gasteiger partial charge in [0.15, 0.2) is 0 Å². The summed E-state index contributed by atoms with van der Waals surface area (Å²) in [6, 6.07) is 5.21. The number of rotatable bonds is 3. The van der Waals surface area contributed by atoms with Crippen molar-refractivity contribution in [3.8, 4) is 0 Å². The minimum absolute atomic E-state index is 0.0242. The largest absolute Gasteiger partial charge is 0.472 e. The van der Waals surface area contributed by atoms with Gasteiger partial charge in [-0.1, -0.05) is 0 Å². The Morgan fingerprint density at radius 1 is 1.50 bits per heavy atom. The fourth-order valence-electron chi connectivity index (χ4n) is 2.37. The average molecular weight is 273 g/mol. The molecule has 1 N–H and O–H groups in total. The molecule has 6 nitrogen and oxygen atoms in total. The van der Waals surface area contributed by atoms with E-state index in [1.807, 2.05) is 16.8 Å². The fraction of sp³-hybridized carbons (Fsp3) is 0.286. The third kappa shape index (κ3) is 2.09. The Hall–Kier alpha value is -2.50. The molecule has 0 saturated heterocycles. The Bertz CT molecular complexity index is 630. The highest BCUT2D eigenvalue weighted by atomic mass is 16.3. The molecule has 2 amide bonds. The first-order chi connectivity index (χ1) is 9.66. The van der Waals surface area contributed by atoms with Crippen LogP contribution in [0.5, 0.6) is 0 Å². The van der Waals surface area contributed by atoms with Gasteiger partial charge in [0, 0.05) is 26.3 Å². The van der Waals surface area contributed by atoms with Crippen LogP contribution in [0.2, 0.25) is 0 Å². The van der Waals surface area contributed by atoms with Crippen LogP contribution >= 0.6 is 0 Å². The number of carbonyl (C=O) groups excluding carboxylic acids is 2. The van der Waals surface area contributed by atoms with E-state index in [2.05, 4.69) is 5.32 Å². The highest BCUT2D eigenvalue weighted by Crippen LogP contribution is 2.16. The first-order valence-corrected chi connectivity index (χ1v) is 6.39. The number of nitrogens with zero attached hydrogens (tertiary/aromatic N) is 2. The SMILES string of the molecule is CN1C(=O)c2cccn2CC1CNC(=O)c1ccoc1. The maximum atomic E-state index is 12.1. The average Bonchev–Trinajstić information content (AvgIpc) is 3.11. The second kappa shape index (κ2) is 4.88. The molecule has 0 aromatic carbocycles. The molecular weight excluding hydrogens is 258 g/mol. The normalized spacial score (nSPS) is 17.9. The molecule has 0 bridgehead atoms. The molecule has 2 aromatic heterocycles. The van der Waals surface area contributed by atoms with E-state index in [1.54, 1.807) is 24.1 Å². The molecule has 3 heterocycles. The zero-order chi connectivity index (χ0) is 14.1. The van der Waals surface area contributed by atoms with Gasteiger partial charge >= 0.3 is 0 Å². The molecule has 1 aliphatic rings. The van der Waals surface area contributed by atoms with Crippen molar-refractivity contribution in [3.63, 3.8) is 0 Å². The summed E-state index contributed by atoms with van der Waals surface area (Å²) in [5, 5.41) is 2.82. The third-order valence-corrected chi connectivity index (χ3v) is 3.61. The molecular formula is C14H15N3O3. The van der Waals surface area contributed by atoms with Gasteiger partial charge in [-0.05, 0) is 18.2 Å². The van der Waals surface area contributed by atoms with Crippen molar-refractivity contribution in [2.75, 3.05) is 13.6 Å². The summed E-state index contributed by atoms with van der Waals surface area (Å²) in [7, 11) is 1.76. The number of hydrogen-bond donors (Lipinski definition) is 1. The lowest BCUT2D eigenvalue weighted by atomic mass is 10.1. The number of furan rings is 1. The Labute approximate surface area is 116 Å². The van der Waals surface area contributed by atoms with Crippen LogP contribution in [-0.2, 0) is 6.54 Å². The first-order valence-electron chi connectivity index (χ1n) is 6.39. The van der Waals surface area contributed by atoms with E-state index in [0.29, 0.717) is 24.3 Å². The van der Waals surface area contributed by atoms with Gasteiger partial charge in [-0.25, -0.2) is 0 Å². The maximum absolute atomic E-state index is 12.1. The number of likely N-dealkylation sites (N-methyl/N-ethyl adjacent to an activating group) is 1. The molecule has 6 heteroatoms. The number of hydrogen-bond acceptors (Lipinski definition) is 3. The molecule has 0 radical (unpaired) electrons. The number of carbonyl (C=O) groups is 2. The number of nitrogens with one attached hydrogen (secondary N) is 1. The van der Waals surface area contributed by atoms with Crippen molar-refractivity contribution in [1.82, 2.24) is 14.8 Å². The van der Waals surface area contributed by atoms with Crippen LogP contribution in [0, 0.1) is 0 Å². The predicted molar refractivity (Wildman–Crippen MR) is 71.4 cm³/mol. The zero-order valence-electron chi connectivity index (χ0n) is 11.1. The lowest BCUT2D eigenvalue weighted by Gasteiger charge is -2.33. The summed E-state index contributed by atoms with van der Waals surface area (Å²) in [4.78, 5) is 25.7. The molecule has 0 saturated carbocycles. The monoisotopic (exact) mass is 273 g/mol. The van der Waals surface area contributed by atoms with Crippen LogP contribution in [0.25, 0.3) is 0 Å². The summed E-state index contributed by atoms with van der Waals surface area (Å²) in [6.07, 6.45) is 4.73.